The zero-order valence-corrected chi connectivity index (χ0v) is 26.6. The van der Waals surface area contributed by atoms with E-state index in [1.807, 2.05) is 30.3 Å². The van der Waals surface area contributed by atoms with E-state index in [0.717, 1.165) is 67.0 Å². The first kappa shape index (κ1) is 28.0. The van der Waals surface area contributed by atoms with Crippen molar-refractivity contribution in [1.29, 1.82) is 0 Å². The summed E-state index contributed by atoms with van der Waals surface area (Å²) in [4.78, 5) is 20.3. The summed E-state index contributed by atoms with van der Waals surface area (Å²) in [6, 6.07) is 48.2. The number of nitrogens with zero attached hydrogens (tertiary/aromatic N) is 4. The van der Waals surface area contributed by atoms with E-state index in [2.05, 4.69) is 128 Å². The van der Waals surface area contributed by atoms with E-state index in [1.165, 1.54) is 32.7 Å². The minimum absolute atomic E-state index is 0.843. The SMILES string of the molecule is Cc1c2c(-c3ccccc3)nc3cc(-c4cccc(-c5ccccn5)n4)ccc3c2c(C)c2c(-c3ccccc3)nc3ccccc3c12. The van der Waals surface area contributed by atoms with Gasteiger partial charge in [0.2, 0.25) is 0 Å². The van der Waals surface area contributed by atoms with Crippen molar-refractivity contribution < 1.29 is 0 Å². The van der Waals surface area contributed by atoms with Gasteiger partial charge in [0.15, 0.2) is 0 Å². The second-order valence-electron chi connectivity index (χ2n) is 12.3. The molecule has 226 valence electrons. The van der Waals surface area contributed by atoms with Crippen molar-refractivity contribution in [2.75, 3.05) is 0 Å². The highest BCUT2D eigenvalue weighted by atomic mass is 14.8. The molecule has 0 aliphatic carbocycles. The number of aryl methyl sites for hydroxylation is 2. The van der Waals surface area contributed by atoms with Crippen LogP contribution in [0.25, 0.3) is 88.5 Å². The van der Waals surface area contributed by atoms with Crippen LogP contribution in [0.1, 0.15) is 11.1 Å². The van der Waals surface area contributed by atoms with Crippen LogP contribution in [0.3, 0.4) is 0 Å². The van der Waals surface area contributed by atoms with Crippen LogP contribution < -0.4 is 0 Å². The van der Waals surface area contributed by atoms with Gasteiger partial charge in [-0.3, -0.25) is 4.98 Å². The minimum Gasteiger partial charge on any atom is -0.255 e. The summed E-state index contributed by atoms with van der Waals surface area (Å²) in [6.45, 7) is 4.51. The number of pyridine rings is 4. The van der Waals surface area contributed by atoms with Crippen molar-refractivity contribution >= 4 is 43.4 Å². The Hall–Kier alpha value is -6.26. The smallest absolute Gasteiger partial charge is 0.0893 e. The summed E-state index contributed by atoms with van der Waals surface area (Å²) in [6.07, 6.45) is 1.80. The maximum absolute atomic E-state index is 5.45. The molecule has 0 saturated heterocycles. The number of benzene rings is 5. The Kier molecular flexibility index (Phi) is 6.54. The molecule has 4 heteroatoms. The molecule has 0 bridgehead atoms. The van der Waals surface area contributed by atoms with Crippen LogP contribution in [0, 0.1) is 13.8 Å². The van der Waals surface area contributed by atoms with Gasteiger partial charge < -0.3 is 0 Å². The summed E-state index contributed by atoms with van der Waals surface area (Å²) in [5.41, 5.74) is 12.1. The second-order valence-corrected chi connectivity index (χ2v) is 12.3. The third-order valence-electron chi connectivity index (χ3n) is 9.45. The molecular formula is C44H30N4. The molecule has 0 N–H and O–H groups in total. The molecule has 5 aromatic carbocycles. The number of hydrogen-bond acceptors (Lipinski definition) is 4. The molecule has 4 nitrogen and oxygen atoms in total. The molecule has 4 aromatic heterocycles. The van der Waals surface area contributed by atoms with Crippen LogP contribution in [0.4, 0.5) is 0 Å². The fourth-order valence-electron chi connectivity index (χ4n) is 7.26. The van der Waals surface area contributed by atoms with Crippen LogP contribution in [0.2, 0.25) is 0 Å². The molecule has 0 unspecified atom stereocenters. The number of para-hydroxylation sites is 1. The molecule has 0 spiro atoms. The van der Waals surface area contributed by atoms with Crippen LogP contribution in [-0.4, -0.2) is 19.9 Å². The lowest BCUT2D eigenvalue weighted by atomic mass is 9.86. The Balaban J connectivity index is 1.40. The largest absolute Gasteiger partial charge is 0.255 e. The molecule has 9 rings (SSSR count). The highest BCUT2D eigenvalue weighted by Crippen LogP contribution is 2.45. The second kappa shape index (κ2) is 11.2. The summed E-state index contributed by atoms with van der Waals surface area (Å²) in [5.74, 6) is 0. The van der Waals surface area contributed by atoms with E-state index in [-0.39, 0.29) is 0 Å². The van der Waals surface area contributed by atoms with Gasteiger partial charge in [-0.05, 0) is 72.1 Å². The zero-order valence-electron chi connectivity index (χ0n) is 26.6. The van der Waals surface area contributed by atoms with Gasteiger partial charge in [-0.15, -0.1) is 0 Å². The average Bonchev–Trinajstić information content (AvgIpc) is 3.16. The Bertz CT molecular complexity index is 2670. The van der Waals surface area contributed by atoms with E-state index < -0.39 is 0 Å². The Morgan fingerprint density at radius 1 is 0.375 bits per heavy atom. The van der Waals surface area contributed by atoms with Gasteiger partial charge >= 0.3 is 0 Å². The van der Waals surface area contributed by atoms with E-state index in [0.29, 0.717) is 0 Å². The predicted octanol–water partition coefficient (Wildman–Crippen LogP) is 11.2. The molecule has 0 radical (unpaired) electrons. The molecule has 0 atom stereocenters. The summed E-state index contributed by atoms with van der Waals surface area (Å²) in [7, 11) is 0. The predicted molar refractivity (Wildman–Crippen MR) is 199 cm³/mol. The molecule has 0 aliphatic heterocycles. The van der Waals surface area contributed by atoms with Gasteiger partial charge in [0.1, 0.15) is 0 Å². The molecule has 0 aliphatic rings. The summed E-state index contributed by atoms with van der Waals surface area (Å²) >= 11 is 0. The first-order chi connectivity index (χ1) is 23.7. The lowest BCUT2D eigenvalue weighted by Gasteiger charge is -2.21. The molecule has 9 aromatic rings. The molecule has 0 fully saturated rings. The average molecular weight is 615 g/mol. The first-order valence-corrected chi connectivity index (χ1v) is 16.2. The molecular weight excluding hydrogens is 585 g/mol. The van der Waals surface area contributed by atoms with Crippen LogP contribution in [-0.2, 0) is 0 Å². The van der Waals surface area contributed by atoms with Gasteiger partial charge in [-0.25, -0.2) is 15.0 Å². The van der Waals surface area contributed by atoms with E-state index in [9.17, 15) is 0 Å². The van der Waals surface area contributed by atoms with Crippen molar-refractivity contribution in [2.24, 2.45) is 0 Å². The molecule has 4 heterocycles. The van der Waals surface area contributed by atoms with Gasteiger partial charge in [-0.1, -0.05) is 103 Å². The van der Waals surface area contributed by atoms with Gasteiger partial charge in [0.25, 0.3) is 0 Å². The van der Waals surface area contributed by atoms with Crippen molar-refractivity contribution in [3.8, 4) is 45.2 Å². The van der Waals surface area contributed by atoms with Crippen LogP contribution in [0.5, 0.6) is 0 Å². The standard InChI is InChI=1S/C44H30N4/c1-27-39-32-18-9-10-19-35(32)47-43(29-14-5-3-6-15-29)41(39)28(2)40-33-24-23-31(34-21-13-22-37(46-34)36-20-11-12-25-45-36)26-38(33)48-44(42(27)40)30-16-7-4-8-17-30/h3-26H,1-2H3. The van der Waals surface area contributed by atoms with E-state index in [1.54, 1.807) is 6.20 Å². The van der Waals surface area contributed by atoms with Gasteiger partial charge in [-0.2, -0.15) is 0 Å². The lowest BCUT2D eigenvalue weighted by molar-refractivity contribution is 1.25. The summed E-state index contributed by atoms with van der Waals surface area (Å²) < 4.78 is 0. The fourth-order valence-corrected chi connectivity index (χ4v) is 7.26. The maximum atomic E-state index is 5.45. The Morgan fingerprint density at radius 2 is 0.938 bits per heavy atom. The number of aromatic nitrogens is 4. The molecule has 0 amide bonds. The highest BCUT2D eigenvalue weighted by Gasteiger charge is 2.22. The van der Waals surface area contributed by atoms with Gasteiger partial charge in [0, 0.05) is 44.4 Å². The highest BCUT2D eigenvalue weighted by molar-refractivity contribution is 6.25. The van der Waals surface area contributed by atoms with Crippen molar-refractivity contribution in [2.45, 2.75) is 13.8 Å². The van der Waals surface area contributed by atoms with E-state index >= 15 is 0 Å². The minimum atomic E-state index is 0.843. The topological polar surface area (TPSA) is 51.6 Å². The first-order valence-electron chi connectivity index (χ1n) is 16.2. The van der Waals surface area contributed by atoms with E-state index in [4.69, 9.17) is 15.0 Å². The lowest BCUT2D eigenvalue weighted by Crippen LogP contribution is -1.99. The molecule has 0 saturated carbocycles. The van der Waals surface area contributed by atoms with Crippen molar-refractivity contribution in [3.05, 3.63) is 157 Å². The third kappa shape index (κ3) is 4.45. The quantitative estimate of drug-likeness (QED) is 0.146. The number of fused-ring (bicyclic) bond motifs is 6. The maximum Gasteiger partial charge on any atom is 0.0893 e. The number of rotatable bonds is 4. The molecule has 48 heavy (non-hydrogen) atoms. The monoisotopic (exact) mass is 614 g/mol. The zero-order chi connectivity index (χ0) is 32.2. The Labute approximate surface area is 278 Å². The Morgan fingerprint density at radius 3 is 1.60 bits per heavy atom. The van der Waals surface area contributed by atoms with Crippen LogP contribution >= 0.6 is 0 Å². The third-order valence-corrected chi connectivity index (χ3v) is 9.45. The van der Waals surface area contributed by atoms with Crippen molar-refractivity contribution in [1.82, 2.24) is 19.9 Å². The normalized spacial score (nSPS) is 11.5. The number of hydrogen-bond donors (Lipinski definition) is 0. The van der Waals surface area contributed by atoms with Crippen molar-refractivity contribution in [3.63, 3.8) is 0 Å². The fraction of sp³-hybridized carbons (Fsp3) is 0.0455. The van der Waals surface area contributed by atoms with Gasteiger partial charge in [0.05, 0.1) is 39.5 Å². The summed E-state index contributed by atoms with van der Waals surface area (Å²) in [5, 5.41) is 7.07. The van der Waals surface area contributed by atoms with Crippen LogP contribution in [0.15, 0.2) is 146 Å².